The zero-order valence-electron chi connectivity index (χ0n) is 7.07. The van der Waals surface area contributed by atoms with Crippen LogP contribution in [0, 0.1) is 6.92 Å². The Kier molecular flexibility index (Phi) is 3.59. The van der Waals surface area contributed by atoms with Gasteiger partial charge in [-0.3, -0.25) is 0 Å². The highest BCUT2D eigenvalue weighted by Gasteiger charge is 2.00. The molecule has 0 aliphatic carbocycles. The molecule has 0 saturated heterocycles. The van der Waals surface area contributed by atoms with E-state index in [0.717, 1.165) is 4.47 Å². The number of benzene rings is 1. The molecule has 66 valence electrons. The molecule has 1 rings (SSSR count). The van der Waals surface area contributed by atoms with Crippen LogP contribution in [0.25, 0.3) is 0 Å². The summed E-state index contributed by atoms with van der Waals surface area (Å²) in [7, 11) is 0. The van der Waals surface area contributed by atoms with Crippen molar-refractivity contribution in [3.05, 3.63) is 28.2 Å². The van der Waals surface area contributed by atoms with Gasteiger partial charge in [-0.15, -0.1) is 0 Å². The third kappa shape index (κ3) is 2.79. The van der Waals surface area contributed by atoms with Gasteiger partial charge >= 0.3 is 0 Å². The minimum Gasteiger partial charge on any atom is -0.373 e. The topological polar surface area (TPSA) is 12.0 Å². The molecule has 1 nitrogen and oxygen atoms in total. The molecule has 3 heteroatoms. The third-order valence-corrected chi connectivity index (χ3v) is 2.27. The molecule has 12 heavy (non-hydrogen) atoms. The van der Waals surface area contributed by atoms with Crippen molar-refractivity contribution in [2.45, 2.75) is 18.8 Å². The predicted molar refractivity (Wildman–Crippen MR) is 60.9 cm³/mol. The number of hydrogen-bond donors (Lipinski definition) is 1. The molecule has 1 aromatic rings. The second-order valence-electron chi connectivity index (χ2n) is 2.72. The van der Waals surface area contributed by atoms with E-state index in [1.165, 1.54) is 11.3 Å². The lowest BCUT2D eigenvalue weighted by atomic mass is 10.2. The van der Waals surface area contributed by atoms with Crippen molar-refractivity contribution in [3.8, 4) is 0 Å². The Bertz CT molecular complexity index is 271. The summed E-state index contributed by atoms with van der Waals surface area (Å²) in [6, 6.07) is 6.19. The van der Waals surface area contributed by atoms with Gasteiger partial charge in [-0.25, -0.2) is 0 Å². The average Bonchev–Trinajstić information content (AvgIpc) is 1.94. The first kappa shape index (κ1) is 10.1. The molecule has 0 radical (unpaired) electrons. The second kappa shape index (κ2) is 4.28. The standard InChI is InChI=1S/C9H11Br2N/c1-6-5-8(11)3-4-9(6)12-7(2)10/h3-5,7,12H,1-2H3. The molecular weight excluding hydrogens is 282 g/mol. The van der Waals surface area contributed by atoms with E-state index >= 15 is 0 Å². The first-order valence-electron chi connectivity index (χ1n) is 3.76. The summed E-state index contributed by atoms with van der Waals surface area (Å²) in [4.78, 5) is 0.303. The van der Waals surface area contributed by atoms with Crippen LogP contribution in [0.1, 0.15) is 12.5 Å². The summed E-state index contributed by atoms with van der Waals surface area (Å²) in [5.74, 6) is 0. The number of rotatable bonds is 2. The van der Waals surface area contributed by atoms with Crippen LogP contribution < -0.4 is 5.32 Å². The lowest BCUT2D eigenvalue weighted by Crippen LogP contribution is -2.06. The van der Waals surface area contributed by atoms with Gasteiger partial charge in [0.05, 0.1) is 4.95 Å². The summed E-state index contributed by atoms with van der Waals surface area (Å²) in [5.41, 5.74) is 2.42. The predicted octanol–water partition coefficient (Wildman–Crippen LogP) is 3.91. The molecule has 0 heterocycles. The first-order chi connectivity index (χ1) is 5.59. The minimum atomic E-state index is 0.303. The third-order valence-electron chi connectivity index (χ3n) is 1.54. The van der Waals surface area contributed by atoms with Crippen molar-refractivity contribution in [2.24, 2.45) is 0 Å². The fourth-order valence-corrected chi connectivity index (χ4v) is 1.73. The maximum atomic E-state index is 3.44. The molecule has 1 aromatic carbocycles. The molecule has 0 spiro atoms. The van der Waals surface area contributed by atoms with Crippen LogP contribution in [0.3, 0.4) is 0 Å². The number of aryl methyl sites for hydroxylation is 1. The van der Waals surface area contributed by atoms with Gasteiger partial charge in [0.1, 0.15) is 0 Å². The van der Waals surface area contributed by atoms with Crippen molar-refractivity contribution < 1.29 is 0 Å². The number of nitrogens with one attached hydrogen (secondary N) is 1. The van der Waals surface area contributed by atoms with E-state index in [9.17, 15) is 0 Å². The lowest BCUT2D eigenvalue weighted by molar-refractivity contribution is 1.14. The number of halogens is 2. The van der Waals surface area contributed by atoms with Gasteiger partial charge in [0, 0.05) is 10.2 Å². The fraction of sp³-hybridized carbons (Fsp3) is 0.333. The van der Waals surface area contributed by atoms with Crippen molar-refractivity contribution in [1.82, 2.24) is 0 Å². The Morgan fingerprint density at radius 1 is 1.42 bits per heavy atom. The summed E-state index contributed by atoms with van der Waals surface area (Å²) in [6.45, 7) is 4.14. The van der Waals surface area contributed by atoms with Crippen molar-refractivity contribution in [2.75, 3.05) is 5.32 Å². The zero-order valence-corrected chi connectivity index (χ0v) is 10.2. The molecule has 0 aliphatic rings. The lowest BCUT2D eigenvalue weighted by Gasteiger charge is -2.11. The summed E-state index contributed by atoms with van der Waals surface area (Å²) in [6.07, 6.45) is 0. The summed E-state index contributed by atoms with van der Waals surface area (Å²) in [5, 5.41) is 3.30. The van der Waals surface area contributed by atoms with Crippen LogP contribution in [0.15, 0.2) is 22.7 Å². The molecule has 1 N–H and O–H groups in total. The highest BCUT2D eigenvalue weighted by Crippen LogP contribution is 2.21. The monoisotopic (exact) mass is 291 g/mol. The normalized spacial score (nSPS) is 12.7. The van der Waals surface area contributed by atoms with Gasteiger partial charge in [0.2, 0.25) is 0 Å². The van der Waals surface area contributed by atoms with Crippen LogP contribution in [-0.2, 0) is 0 Å². The molecule has 0 aromatic heterocycles. The van der Waals surface area contributed by atoms with Gasteiger partial charge in [0.25, 0.3) is 0 Å². The second-order valence-corrected chi connectivity index (χ2v) is 5.01. The van der Waals surface area contributed by atoms with E-state index in [1.54, 1.807) is 0 Å². The van der Waals surface area contributed by atoms with Gasteiger partial charge in [-0.1, -0.05) is 31.9 Å². The highest BCUT2D eigenvalue weighted by atomic mass is 79.9. The quantitative estimate of drug-likeness (QED) is 0.644. The molecule has 1 atom stereocenters. The number of hydrogen-bond acceptors (Lipinski definition) is 1. The first-order valence-corrected chi connectivity index (χ1v) is 5.47. The Morgan fingerprint density at radius 2 is 2.08 bits per heavy atom. The Labute approximate surface area is 89.8 Å². The van der Waals surface area contributed by atoms with Crippen LogP contribution in [-0.4, -0.2) is 4.95 Å². The molecule has 0 saturated carbocycles. The summed E-state index contributed by atoms with van der Waals surface area (Å²) >= 11 is 6.86. The van der Waals surface area contributed by atoms with Crippen molar-refractivity contribution in [3.63, 3.8) is 0 Å². The van der Waals surface area contributed by atoms with E-state index in [-0.39, 0.29) is 0 Å². The van der Waals surface area contributed by atoms with Gasteiger partial charge in [0.15, 0.2) is 0 Å². The van der Waals surface area contributed by atoms with Crippen molar-refractivity contribution >= 4 is 37.5 Å². The van der Waals surface area contributed by atoms with Crippen LogP contribution in [0.2, 0.25) is 0 Å². The van der Waals surface area contributed by atoms with Gasteiger partial charge < -0.3 is 5.32 Å². The maximum absolute atomic E-state index is 3.44. The smallest absolute Gasteiger partial charge is 0.0789 e. The van der Waals surface area contributed by atoms with Crippen LogP contribution >= 0.6 is 31.9 Å². The van der Waals surface area contributed by atoms with Crippen LogP contribution in [0.4, 0.5) is 5.69 Å². The maximum Gasteiger partial charge on any atom is 0.0789 e. The Balaban J connectivity index is 2.86. The highest BCUT2D eigenvalue weighted by molar-refractivity contribution is 9.10. The number of anilines is 1. The molecule has 1 unspecified atom stereocenters. The average molecular weight is 293 g/mol. The van der Waals surface area contributed by atoms with Crippen molar-refractivity contribution in [1.29, 1.82) is 0 Å². The van der Waals surface area contributed by atoms with E-state index in [1.807, 2.05) is 6.07 Å². The van der Waals surface area contributed by atoms with E-state index in [4.69, 9.17) is 0 Å². The fourth-order valence-electron chi connectivity index (χ4n) is 1.00. The summed E-state index contributed by atoms with van der Waals surface area (Å²) < 4.78 is 1.12. The Hall–Kier alpha value is -0.0200. The molecule has 0 amide bonds. The SMILES string of the molecule is Cc1cc(Br)ccc1NC(C)Br. The number of alkyl halides is 1. The molecule has 0 bridgehead atoms. The van der Waals surface area contributed by atoms with Gasteiger partial charge in [-0.05, 0) is 37.6 Å². The van der Waals surface area contributed by atoms with Gasteiger partial charge in [-0.2, -0.15) is 0 Å². The van der Waals surface area contributed by atoms with E-state index < -0.39 is 0 Å². The molecule has 0 aliphatic heterocycles. The Morgan fingerprint density at radius 3 is 2.58 bits per heavy atom. The van der Waals surface area contributed by atoms with E-state index in [0.29, 0.717) is 4.95 Å². The zero-order chi connectivity index (χ0) is 9.14. The largest absolute Gasteiger partial charge is 0.373 e. The van der Waals surface area contributed by atoms with Crippen LogP contribution in [0.5, 0.6) is 0 Å². The van der Waals surface area contributed by atoms with E-state index in [2.05, 4.69) is 63.2 Å². The molecular formula is C9H11Br2N. The molecule has 0 fully saturated rings. The minimum absolute atomic E-state index is 0.303.